The predicted molar refractivity (Wildman–Crippen MR) is 75.6 cm³/mol. The quantitative estimate of drug-likeness (QED) is 0.457. The molecule has 1 aromatic rings. The van der Waals surface area contributed by atoms with E-state index in [2.05, 4.69) is 10.1 Å². The fourth-order valence-electron chi connectivity index (χ4n) is 1.81. The van der Waals surface area contributed by atoms with Crippen molar-refractivity contribution in [3.8, 4) is 6.07 Å². The molecule has 1 amide bonds. The van der Waals surface area contributed by atoms with E-state index in [1.165, 1.54) is 25.3 Å². The summed E-state index contributed by atoms with van der Waals surface area (Å²) in [6, 6.07) is 6.66. The number of nitro benzene ring substituents is 1. The monoisotopic (exact) mass is 305 g/mol. The van der Waals surface area contributed by atoms with E-state index in [4.69, 9.17) is 5.26 Å². The number of nitro groups is 1. The highest BCUT2D eigenvalue weighted by molar-refractivity contribution is 5.85. The second kappa shape index (κ2) is 8.36. The molecule has 0 saturated carbocycles. The summed E-state index contributed by atoms with van der Waals surface area (Å²) in [5.41, 5.74) is 0.342. The normalized spacial score (nSPS) is 11.1. The van der Waals surface area contributed by atoms with Crippen molar-refractivity contribution < 1.29 is 19.2 Å². The van der Waals surface area contributed by atoms with Gasteiger partial charge in [-0.2, -0.15) is 5.26 Å². The smallest absolute Gasteiger partial charge is 0.328 e. The third-order valence-corrected chi connectivity index (χ3v) is 2.85. The van der Waals surface area contributed by atoms with Gasteiger partial charge in [-0.15, -0.1) is 0 Å². The van der Waals surface area contributed by atoms with Crippen LogP contribution in [0.15, 0.2) is 24.3 Å². The fourth-order valence-corrected chi connectivity index (χ4v) is 1.81. The number of nitriles is 1. The van der Waals surface area contributed by atoms with Gasteiger partial charge in [-0.05, 0) is 12.0 Å². The zero-order valence-corrected chi connectivity index (χ0v) is 11.9. The third-order valence-electron chi connectivity index (χ3n) is 2.85. The lowest BCUT2D eigenvalue weighted by atomic mass is 10.1. The molecule has 0 saturated heterocycles. The van der Waals surface area contributed by atoms with Crippen molar-refractivity contribution >= 4 is 17.6 Å². The van der Waals surface area contributed by atoms with Crippen molar-refractivity contribution in [1.82, 2.24) is 5.32 Å². The van der Waals surface area contributed by atoms with Gasteiger partial charge in [-0.1, -0.05) is 12.1 Å². The van der Waals surface area contributed by atoms with Gasteiger partial charge in [0.1, 0.15) is 6.04 Å². The van der Waals surface area contributed by atoms with E-state index in [1.807, 2.05) is 6.07 Å². The van der Waals surface area contributed by atoms with Crippen LogP contribution < -0.4 is 5.32 Å². The Morgan fingerprint density at radius 1 is 1.50 bits per heavy atom. The number of rotatable bonds is 7. The summed E-state index contributed by atoms with van der Waals surface area (Å²) >= 11 is 0. The largest absolute Gasteiger partial charge is 0.467 e. The molecule has 0 fully saturated rings. The number of amides is 1. The average Bonchev–Trinajstić information content (AvgIpc) is 2.50. The van der Waals surface area contributed by atoms with Crippen LogP contribution in [0.5, 0.6) is 0 Å². The van der Waals surface area contributed by atoms with Crippen LogP contribution in [0.4, 0.5) is 5.69 Å². The number of carbonyl (C=O) groups excluding carboxylic acids is 2. The lowest BCUT2D eigenvalue weighted by molar-refractivity contribution is -0.384. The number of benzene rings is 1. The number of carbonyl (C=O) groups is 2. The molecule has 1 rings (SSSR count). The van der Waals surface area contributed by atoms with Gasteiger partial charge >= 0.3 is 5.97 Å². The number of nitrogens with one attached hydrogen (secondary N) is 1. The molecular formula is C14H15N3O5. The van der Waals surface area contributed by atoms with Gasteiger partial charge in [-0.25, -0.2) is 4.79 Å². The van der Waals surface area contributed by atoms with Crippen molar-refractivity contribution in [2.75, 3.05) is 7.11 Å². The lowest BCUT2D eigenvalue weighted by Gasteiger charge is -2.15. The number of ether oxygens (including phenoxy) is 1. The van der Waals surface area contributed by atoms with Crippen LogP contribution in [0.2, 0.25) is 0 Å². The molecule has 0 unspecified atom stereocenters. The SMILES string of the molecule is COC(=O)[C@H](CCC#N)NC(=O)Cc1cccc([N+](=O)[O-])c1. The van der Waals surface area contributed by atoms with E-state index in [0.717, 1.165) is 0 Å². The molecule has 0 aliphatic rings. The topological polar surface area (TPSA) is 122 Å². The van der Waals surface area contributed by atoms with Crippen molar-refractivity contribution in [3.05, 3.63) is 39.9 Å². The second-order valence-corrected chi connectivity index (χ2v) is 4.44. The number of methoxy groups -OCH3 is 1. The van der Waals surface area contributed by atoms with E-state index in [9.17, 15) is 19.7 Å². The summed E-state index contributed by atoms with van der Waals surface area (Å²) in [5.74, 6) is -1.11. The number of hydrogen-bond acceptors (Lipinski definition) is 6. The van der Waals surface area contributed by atoms with Crippen LogP contribution in [0.25, 0.3) is 0 Å². The van der Waals surface area contributed by atoms with E-state index < -0.39 is 22.8 Å². The lowest BCUT2D eigenvalue weighted by Crippen LogP contribution is -2.42. The molecule has 22 heavy (non-hydrogen) atoms. The minimum Gasteiger partial charge on any atom is -0.467 e. The standard InChI is InChI=1S/C14H15N3O5/c1-22-14(19)12(6-3-7-15)16-13(18)9-10-4-2-5-11(8-10)17(20)21/h2,4-5,8,12H,3,6,9H2,1H3,(H,16,18)/t12-/m0/s1. The molecule has 8 heteroatoms. The predicted octanol–water partition coefficient (Wildman–Crippen LogP) is 1.10. The van der Waals surface area contributed by atoms with Crippen molar-refractivity contribution in [2.24, 2.45) is 0 Å². The molecule has 0 aromatic heterocycles. The minimum absolute atomic E-state index is 0.0941. The zero-order valence-electron chi connectivity index (χ0n) is 11.9. The Hall–Kier alpha value is -2.95. The maximum Gasteiger partial charge on any atom is 0.328 e. The van der Waals surface area contributed by atoms with E-state index in [0.29, 0.717) is 5.56 Å². The maximum absolute atomic E-state index is 11.9. The molecule has 116 valence electrons. The minimum atomic E-state index is -0.907. The van der Waals surface area contributed by atoms with Crippen LogP contribution in [-0.2, 0) is 20.7 Å². The first-order valence-corrected chi connectivity index (χ1v) is 6.45. The van der Waals surface area contributed by atoms with Crippen molar-refractivity contribution in [2.45, 2.75) is 25.3 Å². The number of non-ortho nitro benzene ring substituents is 1. The first-order valence-electron chi connectivity index (χ1n) is 6.45. The summed E-state index contributed by atoms with van der Waals surface area (Å²) in [4.78, 5) is 33.6. The van der Waals surface area contributed by atoms with Crippen LogP contribution >= 0.6 is 0 Å². The first-order chi connectivity index (χ1) is 10.5. The highest BCUT2D eigenvalue weighted by atomic mass is 16.6. The van der Waals surface area contributed by atoms with Crippen molar-refractivity contribution in [1.29, 1.82) is 5.26 Å². The molecular weight excluding hydrogens is 290 g/mol. The Morgan fingerprint density at radius 3 is 2.82 bits per heavy atom. The highest BCUT2D eigenvalue weighted by Gasteiger charge is 2.21. The molecule has 1 atom stereocenters. The van der Waals surface area contributed by atoms with Gasteiger partial charge in [0, 0.05) is 18.6 Å². The van der Waals surface area contributed by atoms with Crippen LogP contribution in [0.1, 0.15) is 18.4 Å². The summed E-state index contributed by atoms with van der Waals surface area (Å²) in [5, 5.41) is 21.7. The Bertz CT molecular complexity index is 609. The molecule has 0 aliphatic heterocycles. The molecule has 0 aliphatic carbocycles. The number of nitrogens with zero attached hydrogens (tertiary/aromatic N) is 2. The van der Waals surface area contributed by atoms with E-state index in [1.54, 1.807) is 6.07 Å². The Balaban J connectivity index is 2.71. The van der Waals surface area contributed by atoms with Gasteiger partial charge in [-0.3, -0.25) is 14.9 Å². The van der Waals surface area contributed by atoms with Crippen LogP contribution in [-0.4, -0.2) is 30.0 Å². The van der Waals surface area contributed by atoms with Gasteiger partial charge in [0.25, 0.3) is 5.69 Å². The second-order valence-electron chi connectivity index (χ2n) is 4.44. The summed E-state index contributed by atoms with van der Waals surface area (Å²) in [7, 11) is 1.19. The summed E-state index contributed by atoms with van der Waals surface area (Å²) in [6.07, 6.45) is 0.127. The molecule has 0 radical (unpaired) electrons. The first kappa shape index (κ1) is 17.1. The molecule has 0 bridgehead atoms. The maximum atomic E-state index is 11.9. The van der Waals surface area contributed by atoms with Gasteiger partial charge in [0.05, 0.1) is 24.5 Å². The van der Waals surface area contributed by atoms with Gasteiger partial charge in [0.2, 0.25) is 5.91 Å². The summed E-state index contributed by atoms with van der Waals surface area (Å²) in [6.45, 7) is 0. The third kappa shape index (κ3) is 5.20. The Labute approximate surface area is 126 Å². The molecule has 1 N–H and O–H groups in total. The number of hydrogen-bond donors (Lipinski definition) is 1. The molecule has 0 spiro atoms. The summed E-state index contributed by atoms with van der Waals surface area (Å²) < 4.78 is 4.56. The zero-order chi connectivity index (χ0) is 16.5. The highest BCUT2D eigenvalue weighted by Crippen LogP contribution is 2.13. The Morgan fingerprint density at radius 2 is 2.23 bits per heavy atom. The van der Waals surface area contributed by atoms with Crippen molar-refractivity contribution in [3.63, 3.8) is 0 Å². The van der Waals surface area contributed by atoms with E-state index >= 15 is 0 Å². The molecule has 8 nitrogen and oxygen atoms in total. The average molecular weight is 305 g/mol. The van der Waals surface area contributed by atoms with Gasteiger partial charge in [0.15, 0.2) is 0 Å². The number of esters is 1. The Kier molecular flexibility index (Phi) is 6.50. The molecule has 1 aromatic carbocycles. The molecule has 0 heterocycles. The fraction of sp³-hybridized carbons (Fsp3) is 0.357. The van der Waals surface area contributed by atoms with Crippen LogP contribution in [0.3, 0.4) is 0 Å². The van der Waals surface area contributed by atoms with Gasteiger partial charge < -0.3 is 10.1 Å². The van der Waals surface area contributed by atoms with E-state index in [-0.39, 0.29) is 24.9 Å². The van der Waals surface area contributed by atoms with Crippen LogP contribution in [0, 0.1) is 21.4 Å².